The smallest absolute Gasteiger partial charge is 0.336 e. The molecule has 0 bridgehead atoms. The largest absolute Gasteiger partial charge is 0.466 e. The average molecular weight is 259 g/mol. The molecule has 19 heavy (non-hydrogen) atoms. The number of methoxy groups -OCH3 is 1. The standard InChI is InChI=1S/C15H17NO3/c1-9-5-10(2)7-12(6-9)16-11(3)13(8-14(16)17)15(18)19-4/h5-7H,8H2,1-4H3. The molecule has 2 rings (SSSR count). The molecule has 1 aromatic carbocycles. The number of carbonyl (C=O) groups excluding carboxylic acids is 2. The number of rotatable bonds is 2. The molecule has 100 valence electrons. The third kappa shape index (κ3) is 2.38. The summed E-state index contributed by atoms with van der Waals surface area (Å²) >= 11 is 0. The van der Waals surface area contributed by atoms with Crippen LogP contribution in [0.3, 0.4) is 0 Å². The van der Waals surface area contributed by atoms with Gasteiger partial charge >= 0.3 is 5.97 Å². The predicted octanol–water partition coefficient (Wildman–Crippen LogP) is 2.49. The quantitative estimate of drug-likeness (QED) is 0.767. The van der Waals surface area contributed by atoms with E-state index in [1.807, 2.05) is 32.0 Å². The minimum absolute atomic E-state index is 0.0945. The molecule has 0 aromatic heterocycles. The molecule has 4 heteroatoms. The van der Waals surface area contributed by atoms with E-state index in [0.717, 1.165) is 16.8 Å². The first-order chi connectivity index (χ1) is 8.93. The van der Waals surface area contributed by atoms with Crippen molar-refractivity contribution in [3.05, 3.63) is 40.6 Å². The van der Waals surface area contributed by atoms with Gasteiger partial charge in [0.1, 0.15) is 0 Å². The van der Waals surface area contributed by atoms with E-state index in [4.69, 9.17) is 4.74 Å². The second-order valence-electron chi connectivity index (χ2n) is 4.81. The average Bonchev–Trinajstić information content (AvgIpc) is 2.62. The minimum atomic E-state index is -0.433. The maximum Gasteiger partial charge on any atom is 0.336 e. The number of carbonyl (C=O) groups is 2. The summed E-state index contributed by atoms with van der Waals surface area (Å²) in [5, 5.41) is 0. The highest BCUT2D eigenvalue weighted by Crippen LogP contribution is 2.31. The van der Waals surface area contributed by atoms with Gasteiger partial charge in [0.15, 0.2) is 0 Å². The fraction of sp³-hybridized carbons (Fsp3) is 0.333. The molecule has 0 aliphatic carbocycles. The van der Waals surface area contributed by atoms with E-state index in [0.29, 0.717) is 11.3 Å². The molecular formula is C15H17NO3. The van der Waals surface area contributed by atoms with Crippen molar-refractivity contribution < 1.29 is 14.3 Å². The zero-order chi connectivity index (χ0) is 14.2. The lowest BCUT2D eigenvalue weighted by Crippen LogP contribution is -2.23. The van der Waals surface area contributed by atoms with Crippen LogP contribution in [-0.4, -0.2) is 19.0 Å². The first kappa shape index (κ1) is 13.3. The minimum Gasteiger partial charge on any atom is -0.466 e. The van der Waals surface area contributed by atoms with Crippen molar-refractivity contribution in [1.82, 2.24) is 0 Å². The van der Waals surface area contributed by atoms with Crippen LogP contribution in [0, 0.1) is 13.8 Å². The highest BCUT2D eigenvalue weighted by Gasteiger charge is 2.32. The fourth-order valence-corrected chi connectivity index (χ4v) is 2.44. The van der Waals surface area contributed by atoms with Gasteiger partial charge in [0.25, 0.3) is 0 Å². The van der Waals surface area contributed by atoms with Crippen molar-refractivity contribution in [3.8, 4) is 0 Å². The Hall–Kier alpha value is -2.10. The lowest BCUT2D eigenvalue weighted by molar-refractivity contribution is -0.136. The van der Waals surface area contributed by atoms with E-state index in [2.05, 4.69) is 0 Å². The molecule has 0 saturated heterocycles. The SMILES string of the molecule is COC(=O)C1=C(C)N(c2cc(C)cc(C)c2)C(=O)C1. The van der Waals surface area contributed by atoms with Gasteiger partial charge in [-0.25, -0.2) is 4.79 Å². The van der Waals surface area contributed by atoms with E-state index in [9.17, 15) is 9.59 Å². The summed E-state index contributed by atoms with van der Waals surface area (Å²) in [4.78, 5) is 25.3. The molecule has 1 aromatic rings. The molecule has 0 saturated carbocycles. The van der Waals surface area contributed by atoms with Crippen molar-refractivity contribution in [1.29, 1.82) is 0 Å². The predicted molar refractivity (Wildman–Crippen MR) is 72.7 cm³/mol. The third-order valence-electron chi connectivity index (χ3n) is 3.25. The van der Waals surface area contributed by atoms with Gasteiger partial charge in [-0.15, -0.1) is 0 Å². The van der Waals surface area contributed by atoms with E-state index >= 15 is 0 Å². The number of aryl methyl sites for hydroxylation is 2. The summed E-state index contributed by atoms with van der Waals surface area (Å²) < 4.78 is 4.71. The summed E-state index contributed by atoms with van der Waals surface area (Å²) in [7, 11) is 1.33. The maximum atomic E-state index is 12.1. The number of anilines is 1. The molecule has 0 spiro atoms. The Bertz CT molecular complexity index is 567. The highest BCUT2D eigenvalue weighted by atomic mass is 16.5. The second kappa shape index (κ2) is 4.88. The molecule has 1 aliphatic heterocycles. The number of nitrogens with zero attached hydrogens (tertiary/aromatic N) is 1. The molecule has 1 heterocycles. The first-order valence-electron chi connectivity index (χ1n) is 6.13. The third-order valence-corrected chi connectivity index (χ3v) is 3.25. The zero-order valence-corrected chi connectivity index (χ0v) is 11.6. The number of hydrogen-bond donors (Lipinski definition) is 0. The summed E-state index contributed by atoms with van der Waals surface area (Å²) in [6.07, 6.45) is 0.103. The maximum absolute atomic E-state index is 12.1. The monoisotopic (exact) mass is 259 g/mol. The van der Waals surface area contributed by atoms with E-state index in [-0.39, 0.29) is 12.3 Å². The van der Waals surface area contributed by atoms with Crippen LogP contribution in [0.15, 0.2) is 29.5 Å². The summed E-state index contributed by atoms with van der Waals surface area (Å²) in [5.41, 5.74) is 4.07. The van der Waals surface area contributed by atoms with Crippen molar-refractivity contribution in [2.75, 3.05) is 12.0 Å². The highest BCUT2D eigenvalue weighted by molar-refractivity contribution is 6.09. The van der Waals surface area contributed by atoms with Crippen LogP contribution >= 0.6 is 0 Å². The van der Waals surface area contributed by atoms with Crippen LogP contribution < -0.4 is 4.90 Å². The summed E-state index contributed by atoms with van der Waals surface area (Å²) in [6.45, 7) is 5.74. The van der Waals surface area contributed by atoms with Gasteiger partial charge in [0, 0.05) is 11.4 Å². The van der Waals surface area contributed by atoms with Gasteiger partial charge in [-0.05, 0) is 44.0 Å². The number of amides is 1. The van der Waals surface area contributed by atoms with Gasteiger partial charge < -0.3 is 4.74 Å². The van der Waals surface area contributed by atoms with E-state index in [1.54, 1.807) is 11.8 Å². The van der Waals surface area contributed by atoms with Gasteiger partial charge in [-0.3, -0.25) is 9.69 Å². The van der Waals surface area contributed by atoms with Crippen LogP contribution in [0.4, 0.5) is 5.69 Å². The first-order valence-corrected chi connectivity index (χ1v) is 6.13. The van der Waals surface area contributed by atoms with Gasteiger partial charge in [0.05, 0.1) is 19.1 Å². The van der Waals surface area contributed by atoms with Crippen LogP contribution in [0.5, 0.6) is 0 Å². The molecule has 1 aliphatic rings. The van der Waals surface area contributed by atoms with Crippen LogP contribution in [0.25, 0.3) is 0 Å². The lowest BCUT2D eigenvalue weighted by atomic mass is 10.1. The van der Waals surface area contributed by atoms with Crippen LogP contribution in [0.2, 0.25) is 0 Å². The Morgan fingerprint density at radius 1 is 1.16 bits per heavy atom. The second-order valence-corrected chi connectivity index (χ2v) is 4.81. The number of benzene rings is 1. The van der Waals surface area contributed by atoms with Crippen molar-refractivity contribution in [2.45, 2.75) is 27.2 Å². The Morgan fingerprint density at radius 3 is 2.26 bits per heavy atom. The summed E-state index contributed by atoms with van der Waals surface area (Å²) in [5.74, 6) is -0.527. The Balaban J connectivity index is 2.47. The molecule has 1 amide bonds. The molecule has 0 radical (unpaired) electrons. The van der Waals surface area contributed by atoms with Crippen LogP contribution in [0.1, 0.15) is 24.5 Å². The lowest BCUT2D eigenvalue weighted by Gasteiger charge is -2.19. The number of ether oxygens (including phenoxy) is 1. The van der Waals surface area contributed by atoms with Gasteiger partial charge in [-0.2, -0.15) is 0 Å². The molecule has 0 fully saturated rings. The summed E-state index contributed by atoms with van der Waals surface area (Å²) in [6, 6.07) is 5.92. The molecule has 0 unspecified atom stereocenters. The molecule has 0 atom stereocenters. The fourth-order valence-electron chi connectivity index (χ4n) is 2.44. The Labute approximate surface area is 112 Å². The number of allylic oxidation sites excluding steroid dienone is 1. The number of hydrogen-bond acceptors (Lipinski definition) is 3. The van der Waals surface area contributed by atoms with Crippen molar-refractivity contribution in [2.24, 2.45) is 0 Å². The number of esters is 1. The Kier molecular flexibility index (Phi) is 3.42. The van der Waals surface area contributed by atoms with E-state index < -0.39 is 5.97 Å². The van der Waals surface area contributed by atoms with Crippen LogP contribution in [-0.2, 0) is 14.3 Å². The molecule has 4 nitrogen and oxygen atoms in total. The zero-order valence-electron chi connectivity index (χ0n) is 11.6. The van der Waals surface area contributed by atoms with Crippen molar-refractivity contribution >= 4 is 17.6 Å². The van der Waals surface area contributed by atoms with E-state index in [1.165, 1.54) is 7.11 Å². The van der Waals surface area contributed by atoms with Crippen molar-refractivity contribution in [3.63, 3.8) is 0 Å². The van der Waals surface area contributed by atoms with Gasteiger partial charge in [0.2, 0.25) is 5.91 Å². The van der Waals surface area contributed by atoms with Gasteiger partial charge in [-0.1, -0.05) is 6.07 Å². The molecular weight excluding hydrogens is 242 g/mol. The topological polar surface area (TPSA) is 46.6 Å². The normalized spacial score (nSPS) is 15.2. The molecule has 0 N–H and O–H groups in total. The Morgan fingerprint density at radius 2 is 1.74 bits per heavy atom.